The van der Waals surface area contributed by atoms with E-state index >= 15 is 0 Å². The molecule has 0 aromatic carbocycles. The van der Waals surface area contributed by atoms with E-state index in [1.165, 1.54) is 19.3 Å². The lowest BCUT2D eigenvalue weighted by Gasteiger charge is -2.32. The standard InChI is InChI=1S/C11H18N4/c1-2-9-4-3-7-15(8-9)11-13-6-5-10(12)14-11/h5-6,9H,2-4,7-8H2,1H3,(H2,12,13,14). The van der Waals surface area contributed by atoms with Crippen LogP contribution in [-0.2, 0) is 0 Å². The van der Waals surface area contributed by atoms with Crippen molar-refractivity contribution in [3.05, 3.63) is 12.3 Å². The molecule has 1 fully saturated rings. The monoisotopic (exact) mass is 206 g/mol. The van der Waals surface area contributed by atoms with Crippen LogP contribution in [0.1, 0.15) is 26.2 Å². The minimum Gasteiger partial charge on any atom is -0.384 e. The van der Waals surface area contributed by atoms with Crippen LogP contribution in [0.3, 0.4) is 0 Å². The van der Waals surface area contributed by atoms with Crippen LogP contribution in [-0.4, -0.2) is 23.1 Å². The summed E-state index contributed by atoms with van der Waals surface area (Å²) in [5, 5.41) is 0. The smallest absolute Gasteiger partial charge is 0.227 e. The number of nitrogen functional groups attached to an aromatic ring is 1. The first-order valence-electron chi connectivity index (χ1n) is 5.63. The molecule has 1 aromatic heterocycles. The van der Waals surface area contributed by atoms with Crippen molar-refractivity contribution in [1.29, 1.82) is 0 Å². The molecule has 15 heavy (non-hydrogen) atoms. The van der Waals surface area contributed by atoms with Crippen LogP contribution in [0, 0.1) is 5.92 Å². The van der Waals surface area contributed by atoms with Crippen LogP contribution < -0.4 is 10.6 Å². The maximum Gasteiger partial charge on any atom is 0.227 e. The van der Waals surface area contributed by atoms with E-state index in [1.54, 1.807) is 12.3 Å². The van der Waals surface area contributed by atoms with Gasteiger partial charge >= 0.3 is 0 Å². The molecule has 4 heteroatoms. The average Bonchev–Trinajstić information content (AvgIpc) is 2.29. The Balaban J connectivity index is 2.09. The molecule has 1 aliphatic heterocycles. The number of nitrogens with zero attached hydrogens (tertiary/aromatic N) is 3. The molecule has 0 radical (unpaired) electrons. The first-order valence-corrected chi connectivity index (χ1v) is 5.63. The van der Waals surface area contributed by atoms with Gasteiger partial charge in [-0.3, -0.25) is 0 Å². The largest absolute Gasteiger partial charge is 0.384 e. The lowest BCUT2D eigenvalue weighted by atomic mass is 9.96. The van der Waals surface area contributed by atoms with E-state index in [1.807, 2.05) is 0 Å². The molecule has 0 saturated carbocycles. The summed E-state index contributed by atoms with van der Waals surface area (Å²) in [6.45, 7) is 4.37. The van der Waals surface area contributed by atoms with Gasteiger partial charge in [-0.25, -0.2) is 4.98 Å². The van der Waals surface area contributed by atoms with Crippen LogP contribution in [0.4, 0.5) is 11.8 Å². The van der Waals surface area contributed by atoms with Gasteiger partial charge in [-0.15, -0.1) is 0 Å². The van der Waals surface area contributed by atoms with Gasteiger partial charge in [-0.1, -0.05) is 13.3 Å². The van der Waals surface area contributed by atoms with Crippen molar-refractivity contribution in [2.24, 2.45) is 5.92 Å². The molecule has 1 unspecified atom stereocenters. The molecule has 4 nitrogen and oxygen atoms in total. The Bertz CT molecular complexity index is 326. The number of aromatic nitrogens is 2. The highest BCUT2D eigenvalue weighted by Gasteiger charge is 2.20. The predicted molar refractivity (Wildman–Crippen MR) is 61.7 cm³/mol. The number of hydrogen-bond acceptors (Lipinski definition) is 4. The summed E-state index contributed by atoms with van der Waals surface area (Å²) >= 11 is 0. The normalized spacial score (nSPS) is 21.7. The fraction of sp³-hybridized carbons (Fsp3) is 0.636. The van der Waals surface area contributed by atoms with Crippen molar-refractivity contribution in [3.63, 3.8) is 0 Å². The summed E-state index contributed by atoms with van der Waals surface area (Å²) in [6.07, 6.45) is 5.53. The van der Waals surface area contributed by atoms with E-state index in [4.69, 9.17) is 5.73 Å². The Morgan fingerprint density at radius 2 is 2.47 bits per heavy atom. The fourth-order valence-electron chi connectivity index (χ4n) is 2.09. The van der Waals surface area contributed by atoms with E-state index in [0.29, 0.717) is 5.82 Å². The van der Waals surface area contributed by atoms with Crippen molar-refractivity contribution in [2.75, 3.05) is 23.7 Å². The van der Waals surface area contributed by atoms with Crippen LogP contribution in [0.25, 0.3) is 0 Å². The van der Waals surface area contributed by atoms with Crippen LogP contribution in [0.5, 0.6) is 0 Å². The summed E-state index contributed by atoms with van der Waals surface area (Å²) in [5.74, 6) is 2.12. The quantitative estimate of drug-likeness (QED) is 0.800. The van der Waals surface area contributed by atoms with Gasteiger partial charge in [0.2, 0.25) is 5.95 Å². The van der Waals surface area contributed by atoms with E-state index < -0.39 is 0 Å². The summed E-state index contributed by atoms with van der Waals surface area (Å²) in [4.78, 5) is 10.8. The second-order valence-electron chi connectivity index (χ2n) is 4.14. The number of nitrogens with two attached hydrogens (primary N) is 1. The van der Waals surface area contributed by atoms with E-state index in [-0.39, 0.29) is 0 Å². The Hall–Kier alpha value is -1.32. The third-order valence-corrected chi connectivity index (χ3v) is 3.04. The molecule has 1 atom stereocenters. The highest BCUT2D eigenvalue weighted by molar-refractivity contribution is 5.37. The number of piperidine rings is 1. The molecule has 1 aliphatic rings. The van der Waals surface area contributed by atoms with Gasteiger partial charge in [0, 0.05) is 19.3 Å². The molecule has 0 aliphatic carbocycles. The average molecular weight is 206 g/mol. The second-order valence-corrected chi connectivity index (χ2v) is 4.14. The summed E-state index contributed by atoms with van der Waals surface area (Å²) in [7, 11) is 0. The van der Waals surface area contributed by atoms with Crippen molar-refractivity contribution < 1.29 is 0 Å². The number of hydrogen-bond donors (Lipinski definition) is 1. The van der Waals surface area contributed by atoms with Crippen molar-refractivity contribution in [2.45, 2.75) is 26.2 Å². The van der Waals surface area contributed by atoms with Gasteiger partial charge in [0.15, 0.2) is 0 Å². The molecule has 0 spiro atoms. The zero-order chi connectivity index (χ0) is 10.7. The van der Waals surface area contributed by atoms with E-state index in [9.17, 15) is 0 Å². The molecule has 1 aromatic rings. The third kappa shape index (κ3) is 2.37. The topological polar surface area (TPSA) is 55.0 Å². The lowest BCUT2D eigenvalue weighted by Crippen LogP contribution is -2.36. The van der Waals surface area contributed by atoms with Gasteiger partial charge in [0.1, 0.15) is 5.82 Å². The van der Waals surface area contributed by atoms with Gasteiger partial charge < -0.3 is 10.6 Å². The molecule has 2 N–H and O–H groups in total. The van der Waals surface area contributed by atoms with Crippen molar-refractivity contribution >= 4 is 11.8 Å². The molecule has 1 saturated heterocycles. The SMILES string of the molecule is CCC1CCCN(c2nccc(N)n2)C1. The summed E-state index contributed by atoms with van der Waals surface area (Å²) in [6, 6.07) is 1.73. The first kappa shape index (κ1) is 10.2. The van der Waals surface area contributed by atoms with E-state index in [2.05, 4.69) is 21.8 Å². The summed E-state index contributed by atoms with van der Waals surface area (Å²) in [5.41, 5.74) is 5.65. The third-order valence-electron chi connectivity index (χ3n) is 3.04. The first-order chi connectivity index (χ1) is 7.29. The Labute approximate surface area is 90.5 Å². The lowest BCUT2D eigenvalue weighted by molar-refractivity contribution is 0.401. The van der Waals surface area contributed by atoms with Crippen LogP contribution >= 0.6 is 0 Å². The Morgan fingerprint density at radius 1 is 1.60 bits per heavy atom. The summed E-state index contributed by atoms with van der Waals surface area (Å²) < 4.78 is 0. The van der Waals surface area contributed by atoms with Gasteiger partial charge in [-0.05, 0) is 24.8 Å². The molecule has 2 heterocycles. The van der Waals surface area contributed by atoms with Gasteiger partial charge in [-0.2, -0.15) is 4.98 Å². The Morgan fingerprint density at radius 3 is 3.20 bits per heavy atom. The highest BCUT2D eigenvalue weighted by Crippen LogP contribution is 2.22. The minimum atomic E-state index is 0.554. The molecular formula is C11H18N4. The highest BCUT2D eigenvalue weighted by atomic mass is 15.3. The number of rotatable bonds is 2. The molecule has 0 amide bonds. The van der Waals surface area contributed by atoms with Gasteiger partial charge in [0.25, 0.3) is 0 Å². The van der Waals surface area contributed by atoms with Crippen LogP contribution in [0.2, 0.25) is 0 Å². The maximum absolute atomic E-state index is 5.65. The van der Waals surface area contributed by atoms with Crippen LogP contribution in [0.15, 0.2) is 12.3 Å². The minimum absolute atomic E-state index is 0.554. The van der Waals surface area contributed by atoms with Crippen molar-refractivity contribution in [3.8, 4) is 0 Å². The predicted octanol–water partition coefficient (Wildman–Crippen LogP) is 1.69. The molecule has 0 bridgehead atoms. The van der Waals surface area contributed by atoms with E-state index in [0.717, 1.165) is 25.0 Å². The molecule has 2 rings (SSSR count). The maximum atomic E-state index is 5.65. The van der Waals surface area contributed by atoms with Gasteiger partial charge in [0.05, 0.1) is 0 Å². The molecular weight excluding hydrogens is 188 g/mol. The Kier molecular flexibility index (Phi) is 3.04. The second kappa shape index (κ2) is 4.47. The zero-order valence-corrected chi connectivity index (χ0v) is 9.19. The number of anilines is 2. The fourth-order valence-corrected chi connectivity index (χ4v) is 2.09. The van der Waals surface area contributed by atoms with Crippen molar-refractivity contribution in [1.82, 2.24) is 9.97 Å². The molecule has 82 valence electrons. The zero-order valence-electron chi connectivity index (χ0n) is 9.19.